The topological polar surface area (TPSA) is 94.8 Å². The van der Waals surface area contributed by atoms with Crippen LogP contribution in [-0.4, -0.2) is 31.1 Å². The van der Waals surface area contributed by atoms with Gasteiger partial charge in [0.1, 0.15) is 11.3 Å². The second-order valence-electron chi connectivity index (χ2n) is 6.31. The van der Waals surface area contributed by atoms with Crippen molar-refractivity contribution in [1.82, 2.24) is 5.32 Å². The maximum atomic E-state index is 12.0. The van der Waals surface area contributed by atoms with E-state index in [1.807, 2.05) is 6.07 Å². The zero-order valence-corrected chi connectivity index (χ0v) is 15.1. The molecule has 7 heteroatoms. The molecule has 1 N–H and O–H groups in total. The normalized spacial score (nSPS) is 13.7. The van der Waals surface area contributed by atoms with Crippen LogP contribution in [0.4, 0.5) is 0 Å². The molecule has 1 aliphatic carbocycles. The third-order valence-electron chi connectivity index (χ3n) is 4.40. The molecular formula is C20H21NO6. The summed E-state index contributed by atoms with van der Waals surface area (Å²) < 4.78 is 15.8. The van der Waals surface area contributed by atoms with E-state index in [4.69, 9.17) is 13.9 Å². The molecule has 1 amide bonds. The average Bonchev–Trinajstić information content (AvgIpc) is 3.15. The number of carbonyl (C=O) groups is 2. The van der Waals surface area contributed by atoms with Gasteiger partial charge in [-0.3, -0.25) is 4.79 Å². The molecule has 7 nitrogen and oxygen atoms in total. The number of nitrogens with one attached hydrogen (secondary N) is 1. The predicted octanol–water partition coefficient (Wildman–Crippen LogP) is 1.89. The summed E-state index contributed by atoms with van der Waals surface area (Å²) >= 11 is 0. The Bertz CT molecular complexity index is 945. The van der Waals surface area contributed by atoms with Crippen molar-refractivity contribution in [2.75, 3.05) is 13.2 Å². The fourth-order valence-electron chi connectivity index (χ4n) is 3.10. The van der Waals surface area contributed by atoms with E-state index in [1.165, 1.54) is 13.0 Å². The number of amides is 1. The number of hydrogen-bond donors (Lipinski definition) is 1. The van der Waals surface area contributed by atoms with Crippen molar-refractivity contribution in [3.05, 3.63) is 52.4 Å². The van der Waals surface area contributed by atoms with Crippen LogP contribution in [-0.2, 0) is 27.2 Å². The van der Waals surface area contributed by atoms with Gasteiger partial charge in [0.2, 0.25) is 0 Å². The molecule has 1 aromatic heterocycles. The van der Waals surface area contributed by atoms with E-state index in [9.17, 15) is 14.4 Å². The maximum absolute atomic E-state index is 12.0. The Morgan fingerprint density at radius 1 is 1.33 bits per heavy atom. The average molecular weight is 371 g/mol. The van der Waals surface area contributed by atoms with Crippen molar-refractivity contribution in [1.29, 1.82) is 0 Å². The van der Waals surface area contributed by atoms with Crippen molar-refractivity contribution in [2.24, 2.45) is 0 Å². The highest BCUT2D eigenvalue weighted by molar-refractivity contribution is 5.84. The third-order valence-corrected chi connectivity index (χ3v) is 4.40. The zero-order valence-electron chi connectivity index (χ0n) is 15.1. The standard InChI is InChI=1S/C20H21NO6/c1-3-9-21-19(23)12(2)26-18(22)11-25-13-7-8-15-14-5-4-6-16(14)20(24)27-17(15)10-13/h3,7-8,10,12H,1,4-6,9,11H2,2H3,(H,21,23)/t12-/m1/s1. The Balaban J connectivity index is 1.63. The van der Waals surface area contributed by atoms with Crippen molar-refractivity contribution in [2.45, 2.75) is 32.3 Å². The highest BCUT2D eigenvalue weighted by Crippen LogP contribution is 2.29. The first-order valence-electron chi connectivity index (χ1n) is 8.79. The molecule has 0 bridgehead atoms. The molecule has 1 atom stereocenters. The Morgan fingerprint density at radius 3 is 2.89 bits per heavy atom. The first-order chi connectivity index (χ1) is 13.0. The van der Waals surface area contributed by atoms with Gasteiger partial charge in [0.15, 0.2) is 12.7 Å². The largest absolute Gasteiger partial charge is 0.482 e. The lowest BCUT2D eigenvalue weighted by Crippen LogP contribution is -2.36. The number of benzene rings is 1. The van der Waals surface area contributed by atoms with Gasteiger partial charge in [-0.1, -0.05) is 6.08 Å². The van der Waals surface area contributed by atoms with E-state index in [2.05, 4.69) is 11.9 Å². The molecule has 1 aromatic carbocycles. The Morgan fingerprint density at radius 2 is 2.11 bits per heavy atom. The van der Waals surface area contributed by atoms with Gasteiger partial charge in [0.25, 0.3) is 5.91 Å². The van der Waals surface area contributed by atoms with Crippen LogP contribution in [0.15, 0.2) is 40.1 Å². The number of hydrogen-bond acceptors (Lipinski definition) is 6. The van der Waals surface area contributed by atoms with Crippen molar-refractivity contribution in [3.8, 4) is 5.75 Å². The summed E-state index contributed by atoms with van der Waals surface area (Å²) in [6.45, 7) is 4.90. The summed E-state index contributed by atoms with van der Waals surface area (Å²) in [5.41, 5.74) is 1.91. The molecule has 3 rings (SSSR count). The molecule has 0 saturated heterocycles. The lowest BCUT2D eigenvalue weighted by Gasteiger charge is -2.13. The number of fused-ring (bicyclic) bond motifs is 3. The number of aryl methyl sites for hydroxylation is 1. The minimum Gasteiger partial charge on any atom is -0.482 e. The second kappa shape index (κ2) is 8.07. The molecule has 0 saturated carbocycles. The first-order valence-corrected chi connectivity index (χ1v) is 8.79. The monoisotopic (exact) mass is 371 g/mol. The molecule has 1 heterocycles. The van der Waals surface area contributed by atoms with E-state index < -0.39 is 18.0 Å². The molecule has 0 spiro atoms. The van der Waals surface area contributed by atoms with E-state index in [0.717, 1.165) is 35.8 Å². The smallest absolute Gasteiger partial charge is 0.344 e. The molecule has 142 valence electrons. The molecule has 27 heavy (non-hydrogen) atoms. The van der Waals surface area contributed by atoms with Gasteiger partial charge >= 0.3 is 11.6 Å². The molecule has 0 unspecified atom stereocenters. The molecule has 0 aliphatic heterocycles. The molecule has 1 aliphatic rings. The summed E-state index contributed by atoms with van der Waals surface area (Å²) in [6, 6.07) is 5.13. The number of carbonyl (C=O) groups excluding carboxylic acids is 2. The summed E-state index contributed by atoms with van der Waals surface area (Å²) in [7, 11) is 0. The summed E-state index contributed by atoms with van der Waals surface area (Å²) in [4.78, 5) is 35.6. The van der Waals surface area contributed by atoms with Gasteiger partial charge in [-0.2, -0.15) is 0 Å². The van der Waals surface area contributed by atoms with Gasteiger partial charge in [-0.15, -0.1) is 6.58 Å². The van der Waals surface area contributed by atoms with Crippen LogP contribution in [0.3, 0.4) is 0 Å². The summed E-state index contributed by atoms with van der Waals surface area (Å²) in [5.74, 6) is -0.708. The lowest BCUT2D eigenvalue weighted by atomic mass is 10.1. The van der Waals surface area contributed by atoms with Crippen LogP contribution in [0.5, 0.6) is 5.75 Å². The van der Waals surface area contributed by atoms with Crippen molar-refractivity contribution < 1.29 is 23.5 Å². The quantitative estimate of drug-likeness (QED) is 0.454. The fourth-order valence-corrected chi connectivity index (χ4v) is 3.10. The van der Waals surface area contributed by atoms with E-state index >= 15 is 0 Å². The van der Waals surface area contributed by atoms with Crippen LogP contribution in [0.1, 0.15) is 24.5 Å². The first kappa shape index (κ1) is 18.7. The van der Waals surface area contributed by atoms with Gasteiger partial charge in [-0.05, 0) is 43.9 Å². The van der Waals surface area contributed by atoms with Gasteiger partial charge in [0.05, 0.1) is 0 Å². The van der Waals surface area contributed by atoms with Gasteiger partial charge in [-0.25, -0.2) is 9.59 Å². The minimum absolute atomic E-state index is 0.295. The Hall–Kier alpha value is -3.09. The Kier molecular flexibility index (Phi) is 5.59. The second-order valence-corrected chi connectivity index (χ2v) is 6.31. The Labute approximate surface area is 155 Å². The molecular weight excluding hydrogens is 350 g/mol. The van der Waals surface area contributed by atoms with Gasteiger partial charge < -0.3 is 19.2 Å². The molecule has 0 radical (unpaired) electrons. The summed E-state index contributed by atoms with van der Waals surface area (Å²) in [6.07, 6.45) is 3.15. The number of esters is 1. The highest BCUT2D eigenvalue weighted by Gasteiger charge is 2.20. The van der Waals surface area contributed by atoms with Crippen LogP contribution in [0.25, 0.3) is 11.0 Å². The van der Waals surface area contributed by atoms with Crippen molar-refractivity contribution >= 4 is 22.8 Å². The number of rotatable bonds is 7. The minimum atomic E-state index is -0.932. The van der Waals surface area contributed by atoms with Crippen LogP contribution >= 0.6 is 0 Å². The fraction of sp³-hybridized carbons (Fsp3) is 0.350. The SMILES string of the molecule is C=CCNC(=O)[C@@H](C)OC(=O)COc1ccc2c3c(c(=O)oc2c1)CCC3. The predicted molar refractivity (Wildman–Crippen MR) is 98.8 cm³/mol. The van der Waals surface area contributed by atoms with Crippen LogP contribution < -0.4 is 15.7 Å². The lowest BCUT2D eigenvalue weighted by molar-refractivity contribution is -0.156. The maximum Gasteiger partial charge on any atom is 0.344 e. The van der Waals surface area contributed by atoms with Gasteiger partial charge in [0, 0.05) is 23.6 Å². The van der Waals surface area contributed by atoms with Crippen LogP contribution in [0.2, 0.25) is 0 Å². The summed E-state index contributed by atoms with van der Waals surface area (Å²) in [5, 5.41) is 3.43. The third kappa shape index (κ3) is 4.19. The zero-order chi connectivity index (χ0) is 19.4. The number of ether oxygens (including phenoxy) is 2. The molecule has 2 aromatic rings. The van der Waals surface area contributed by atoms with E-state index in [-0.39, 0.29) is 12.2 Å². The van der Waals surface area contributed by atoms with E-state index in [0.29, 0.717) is 17.9 Å². The molecule has 0 fully saturated rings. The van der Waals surface area contributed by atoms with Crippen molar-refractivity contribution in [3.63, 3.8) is 0 Å². The highest BCUT2D eigenvalue weighted by atomic mass is 16.6. The van der Waals surface area contributed by atoms with E-state index in [1.54, 1.807) is 12.1 Å². The van der Waals surface area contributed by atoms with Crippen LogP contribution in [0, 0.1) is 0 Å².